The highest BCUT2D eigenvalue weighted by Crippen LogP contribution is 2.44. The minimum absolute atomic E-state index is 0.554. The van der Waals surface area contributed by atoms with E-state index < -0.39 is 0 Å². The number of hydrogen-bond acceptors (Lipinski definition) is 3. The molecule has 2 rings (SSSR count). The van der Waals surface area contributed by atoms with Crippen molar-refractivity contribution in [2.75, 3.05) is 27.3 Å². The van der Waals surface area contributed by atoms with Crippen LogP contribution in [0.15, 0.2) is 18.2 Å². The summed E-state index contributed by atoms with van der Waals surface area (Å²) in [4.78, 5) is 0. The number of nitrogens with one attached hydrogen (secondary N) is 1. The number of methoxy groups -OCH3 is 2. The first-order valence-electron chi connectivity index (χ1n) is 8.12. The zero-order valence-corrected chi connectivity index (χ0v) is 13.8. The van der Waals surface area contributed by atoms with E-state index in [0.29, 0.717) is 11.8 Å². The van der Waals surface area contributed by atoms with E-state index in [4.69, 9.17) is 9.47 Å². The molecule has 0 saturated heterocycles. The molecular weight excluding hydrogens is 262 g/mol. The maximum absolute atomic E-state index is 5.61. The smallest absolute Gasteiger partial charge is 0.122 e. The van der Waals surface area contributed by atoms with Crippen LogP contribution in [0.25, 0.3) is 0 Å². The predicted molar refractivity (Wildman–Crippen MR) is 87.3 cm³/mol. The first-order valence-corrected chi connectivity index (χ1v) is 8.12. The Bertz CT molecular complexity index is 445. The lowest BCUT2D eigenvalue weighted by atomic mass is 9.71. The number of ether oxygens (including phenoxy) is 2. The average Bonchev–Trinajstić information content (AvgIpc) is 2.53. The van der Waals surface area contributed by atoms with Gasteiger partial charge in [0.2, 0.25) is 0 Å². The van der Waals surface area contributed by atoms with Crippen LogP contribution in [-0.2, 0) is 0 Å². The third kappa shape index (κ3) is 3.91. The van der Waals surface area contributed by atoms with Crippen molar-refractivity contribution in [3.63, 3.8) is 0 Å². The summed E-state index contributed by atoms with van der Waals surface area (Å²) in [6.07, 6.45) is 3.86. The highest BCUT2D eigenvalue weighted by atomic mass is 16.5. The molecule has 0 aliphatic heterocycles. The van der Waals surface area contributed by atoms with Crippen molar-refractivity contribution in [3.8, 4) is 11.5 Å². The zero-order valence-electron chi connectivity index (χ0n) is 13.8. The van der Waals surface area contributed by atoms with Crippen molar-refractivity contribution in [2.24, 2.45) is 11.8 Å². The lowest BCUT2D eigenvalue weighted by Gasteiger charge is -2.36. The molecule has 1 aromatic carbocycles. The zero-order chi connectivity index (χ0) is 15.2. The fraction of sp³-hybridized carbons (Fsp3) is 0.667. The second-order valence-corrected chi connectivity index (χ2v) is 6.20. The van der Waals surface area contributed by atoms with Gasteiger partial charge in [0.15, 0.2) is 0 Å². The van der Waals surface area contributed by atoms with Crippen molar-refractivity contribution in [1.82, 2.24) is 5.32 Å². The lowest BCUT2D eigenvalue weighted by Crippen LogP contribution is -2.31. The Labute approximate surface area is 129 Å². The van der Waals surface area contributed by atoms with E-state index >= 15 is 0 Å². The summed E-state index contributed by atoms with van der Waals surface area (Å²) in [6.45, 7) is 6.66. The van der Waals surface area contributed by atoms with Crippen LogP contribution in [0.3, 0.4) is 0 Å². The van der Waals surface area contributed by atoms with E-state index in [2.05, 4.69) is 25.2 Å². The summed E-state index contributed by atoms with van der Waals surface area (Å²) in [5, 5.41) is 3.53. The van der Waals surface area contributed by atoms with Gasteiger partial charge < -0.3 is 14.8 Å². The van der Waals surface area contributed by atoms with Crippen molar-refractivity contribution in [3.05, 3.63) is 23.8 Å². The molecule has 0 bridgehead atoms. The van der Waals surface area contributed by atoms with E-state index in [-0.39, 0.29) is 0 Å². The molecule has 0 spiro atoms. The molecule has 0 aromatic heterocycles. The predicted octanol–water partition coefficient (Wildman–Crippen LogP) is 3.83. The molecule has 3 nitrogen and oxygen atoms in total. The van der Waals surface area contributed by atoms with Crippen LogP contribution in [0.2, 0.25) is 0 Å². The van der Waals surface area contributed by atoms with E-state index in [0.717, 1.165) is 30.5 Å². The second kappa shape index (κ2) is 7.69. The molecule has 1 aliphatic rings. The molecule has 1 saturated carbocycles. The van der Waals surface area contributed by atoms with Gasteiger partial charge in [0, 0.05) is 5.56 Å². The molecule has 1 aromatic rings. The third-order valence-electron chi connectivity index (χ3n) is 4.75. The summed E-state index contributed by atoms with van der Waals surface area (Å²) in [6, 6.07) is 6.19. The number of rotatable bonds is 6. The van der Waals surface area contributed by atoms with E-state index in [1.165, 1.54) is 24.8 Å². The van der Waals surface area contributed by atoms with Gasteiger partial charge in [0.25, 0.3) is 0 Å². The van der Waals surface area contributed by atoms with Gasteiger partial charge in [-0.25, -0.2) is 0 Å². The van der Waals surface area contributed by atoms with Crippen LogP contribution in [0.5, 0.6) is 11.5 Å². The van der Waals surface area contributed by atoms with E-state index in [1.807, 2.05) is 12.1 Å². The van der Waals surface area contributed by atoms with Crippen molar-refractivity contribution < 1.29 is 9.47 Å². The van der Waals surface area contributed by atoms with Gasteiger partial charge in [-0.1, -0.05) is 20.3 Å². The topological polar surface area (TPSA) is 30.5 Å². The fourth-order valence-electron chi connectivity index (χ4n) is 3.53. The Kier molecular flexibility index (Phi) is 5.92. The molecule has 3 unspecified atom stereocenters. The van der Waals surface area contributed by atoms with Gasteiger partial charge in [-0.15, -0.1) is 0 Å². The Morgan fingerprint density at radius 1 is 1.19 bits per heavy atom. The van der Waals surface area contributed by atoms with E-state index in [9.17, 15) is 0 Å². The molecule has 3 atom stereocenters. The molecule has 0 amide bonds. The number of hydrogen-bond donors (Lipinski definition) is 1. The molecular formula is C18H29NO2. The van der Waals surface area contributed by atoms with Gasteiger partial charge in [0.1, 0.15) is 11.5 Å². The largest absolute Gasteiger partial charge is 0.497 e. The lowest BCUT2D eigenvalue weighted by molar-refractivity contribution is 0.238. The summed E-state index contributed by atoms with van der Waals surface area (Å²) < 4.78 is 11.0. The molecule has 1 fully saturated rings. The molecule has 1 aliphatic carbocycles. The van der Waals surface area contributed by atoms with Crippen molar-refractivity contribution in [1.29, 1.82) is 0 Å². The molecule has 21 heavy (non-hydrogen) atoms. The quantitative estimate of drug-likeness (QED) is 0.864. The molecule has 118 valence electrons. The van der Waals surface area contributed by atoms with Gasteiger partial charge in [-0.2, -0.15) is 0 Å². The highest BCUT2D eigenvalue weighted by molar-refractivity contribution is 5.43. The normalized spacial score (nSPS) is 25.6. The third-order valence-corrected chi connectivity index (χ3v) is 4.75. The Morgan fingerprint density at radius 2 is 2.00 bits per heavy atom. The summed E-state index contributed by atoms with van der Waals surface area (Å²) in [5.74, 6) is 3.94. The average molecular weight is 291 g/mol. The Balaban J connectivity index is 2.29. The van der Waals surface area contributed by atoms with Gasteiger partial charge in [0.05, 0.1) is 14.2 Å². The van der Waals surface area contributed by atoms with Crippen LogP contribution >= 0.6 is 0 Å². The minimum atomic E-state index is 0.554. The first-order chi connectivity index (χ1) is 10.2. The van der Waals surface area contributed by atoms with Crippen molar-refractivity contribution >= 4 is 0 Å². The summed E-state index contributed by atoms with van der Waals surface area (Å²) in [7, 11) is 3.49. The SMILES string of the molecule is CCNCC1CCC(C)CC1c1cc(OC)ccc1OC. The maximum atomic E-state index is 5.61. The van der Waals surface area contributed by atoms with Gasteiger partial charge in [-0.05, 0) is 61.9 Å². The number of benzene rings is 1. The highest BCUT2D eigenvalue weighted by Gasteiger charge is 2.31. The van der Waals surface area contributed by atoms with Crippen LogP contribution in [0.1, 0.15) is 44.6 Å². The van der Waals surface area contributed by atoms with E-state index in [1.54, 1.807) is 14.2 Å². The van der Waals surface area contributed by atoms with Crippen LogP contribution in [0, 0.1) is 11.8 Å². The van der Waals surface area contributed by atoms with Crippen LogP contribution in [-0.4, -0.2) is 27.3 Å². The van der Waals surface area contributed by atoms with Gasteiger partial charge >= 0.3 is 0 Å². The minimum Gasteiger partial charge on any atom is -0.497 e. The summed E-state index contributed by atoms with van der Waals surface area (Å²) >= 11 is 0. The Morgan fingerprint density at radius 3 is 2.67 bits per heavy atom. The Hall–Kier alpha value is -1.22. The van der Waals surface area contributed by atoms with Gasteiger partial charge in [-0.3, -0.25) is 0 Å². The molecule has 0 radical (unpaired) electrons. The monoisotopic (exact) mass is 291 g/mol. The fourth-order valence-corrected chi connectivity index (χ4v) is 3.53. The molecule has 3 heteroatoms. The first kappa shape index (κ1) is 16.2. The molecule has 0 heterocycles. The second-order valence-electron chi connectivity index (χ2n) is 6.20. The molecule has 1 N–H and O–H groups in total. The van der Waals surface area contributed by atoms with Crippen LogP contribution in [0.4, 0.5) is 0 Å². The standard InChI is InChI=1S/C18H29NO2/c1-5-19-12-14-7-6-13(2)10-16(14)17-11-15(20-3)8-9-18(17)21-4/h8-9,11,13-14,16,19H,5-7,10,12H2,1-4H3. The summed E-state index contributed by atoms with van der Waals surface area (Å²) in [5.41, 5.74) is 1.31. The van der Waals surface area contributed by atoms with Crippen LogP contribution < -0.4 is 14.8 Å². The maximum Gasteiger partial charge on any atom is 0.122 e. The van der Waals surface area contributed by atoms with Crippen molar-refractivity contribution in [2.45, 2.75) is 39.0 Å².